The van der Waals surface area contributed by atoms with Crippen LogP contribution >= 0.6 is 34.8 Å². The van der Waals surface area contributed by atoms with E-state index in [9.17, 15) is 0 Å². The Balaban J connectivity index is 2.27. The summed E-state index contributed by atoms with van der Waals surface area (Å²) < 4.78 is 0. The van der Waals surface area contributed by atoms with E-state index in [0.29, 0.717) is 15.1 Å². The van der Waals surface area contributed by atoms with Gasteiger partial charge in [0.05, 0.1) is 21.8 Å². The van der Waals surface area contributed by atoms with E-state index in [0.717, 1.165) is 24.9 Å². The van der Waals surface area contributed by atoms with Gasteiger partial charge in [0.25, 0.3) is 0 Å². The van der Waals surface area contributed by atoms with E-state index < -0.39 is 0 Å². The molecule has 0 aliphatic carbocycles. The van der Waals surface area contributed by atoms with Gasteiger partial charge < -0.3 is 5.32 Å². The molecule has 0 heterocycles. The Bertz CT molecular complexity index is 561. The molecule has 0 fully saturated rings. The first-order valence-corrected chi connectivity index (χ1v) is 8.21. The summed E-state index contributed by atoms with van der Waals surface area (Å²) in [6, 6.07) is 13.9. The van der Waals surface area contributed by atoms with Crippen LogP contribution in [0.1, 0.15) is 37.8 Å². The predicted octanol–water partition coefficient (Wildman–Crippen LogP) is 6.99. The number of anilines is 1. The van der Waals surface area contributed by atoms with Crippen molar-refractivity contribution in [1.29, 1.82) is 0 Å². The first-order valence-electron chi connectivity index (χ1n) is 7.08. The van der Waals surface area contributed by atoms with E-state index in [1.165, 1.54) is 5.56 Å². The Hall–Kier alpha value is -0.890. The minimum absolute atomic E-state index is 0.183. The van der Waals surface area contributed by atoms with Gasteiger partial charge in [0, 0.05) is 5.02 Å². The predicted molar refractivity (Wildman–Crippen MR) is 93.8 cm³/mol. The smallest absolute Gasteiger partial charge is 0.0724 e. The molecule has 21 heavy (non-hydrogen) atoms. The molecule has 0 saturated carbocycles. The Labute approximate surface area is 141 Å². The third-order valence-electron chi connectivity index (χ3n) is 3.37. The molecule has 0 aromatic heterocycles. The lowest BCUT2D eigenvalue weighted by Gasteiger charge is -2.22. The van der Waals surface area contributed by atoms with Crippen molar-refractivity contribution in [1.82, 2.24) is 0 Å². The number of unbranched alkanes of at least 4 members (excludes halogenated alkanes) is 1. The summed E-state index contributed by atoms with van der Waals surface area (Å²) in [7, 11) is 0. The molecule has 0 spiro atoms. The quantitative estimate of drug-likeness (QED) is 0.596. The van der Waals surface area contributed by atoms with Crippen LogP contribution in [0.3, 0.4) is 0 Å². The number of rotatable bonds is 6. The third-order valence-corrected chi connectivity index (χ3v) is 4.19. The molecule has 0 aliphatic rings. The summed E-state index contributed by atoms with van der Waals surface area (Å²) in [5, 5.41) is 5.11. The number of benzene rings is 2. The van der Waals surface area contributed by atoms with Gasteiger partial charge >= 0.3 is 0 Å². The van der Waals surface area contributed by atoms with E-state index in [-0.39, 0.29) is 6.04 Å². The summed E-state index contributed by atoms with van der Waals surface area (Å²) >= 11 is 18.5. The molecule has 4 heteroatoms. The van der Waals surface area contributed by atoms with Crippen molar-refractivity contribution in [2.45, 2.75) is 32.2 Å². The highest BCUT2D eigenvalue weighted by Crippen LogP contribution is 2.37. The van der Waals surface area contributed by atoms with Gasteiger partial charge in [0.1, 0.15) is 0 Å². The zero-order chi connectivity index (χ0) is 15.2. The highest BCUT2D eigenvalue weighted by Gasteiger charge is 2.15. The minimum atomic E-state index is 0.183. The maximum atomic E-state index is 6.27. The molecule has 112 valence electrons. The topological polar surface area (TPSA) is 12.0 Å². The second-order valence-corrected chi connectivity index (χ2v) is 6.25. The van der Waals surface area contributed by atoms with Crippen molar-refractivity contribution in [2.75, 3.05) is 5.32 Å². The molecule has 0 radical (unpaired) electrons. The van der Waals surface area contributed by atoms with Crippen molar-refractivity contribution in [2.24, 2.45) is 0 Å². The lowest BCUT2D eigenvalue weighted by molar-refractivity contribution is 0.634. The molecule has 0 bridgehead atoms. The van der Waals surface area contributed by atoms with Crippen LogP contribution in [-0.4, -0.2) is 0 Å². The molecule has 1 unspecified atom stereocenters. The summed E-state index contributed by atoms with van der Waals surface area (Å²) in [6.07, 6.45) is 3.30. The molecule has 0 amide bonds. The van der Waals surface area contributed by atoms with Crippen LogP contribution in [0, 0.1) is 0 Å². The van der Waals surface area contributed by atoms with Crippen LogP contribution in [-0.2, 0) is 0 Å². The first kappa shape index (κ1) is 16.5. The molecular weight excluding hydrogens is 325 g/mol. The van der Waals surface area contributed by atoms with E-state index in [1.54, 1.807) is 12.1 Å². The van der Waals surface area contributed by atoms with E-state index >= 15 is 0 Å². The highest BCUT2D eigenvalue weighted by molar-refractivity contribution is 6.41. The van der Waals surface area contributed by atoms with Crippen LogP contribution < -0.4 is 5.32 Å². The first-order chi connectivity index (χ1) is 10.1. The molecule has 1 atom stereocenters. The maximum Gasteiger partial charge on any atom is 0.0724 e. The molecule has 2 aromatic rings. The van der Waals surface area contributed by atoms with Gasteiger partial charge in [-0.25, -0.2) is 0 Å². The molecule has 0 saturated heterocycles. The monoisotopic (exact) mass is 341 g/mol. The average Bonchev–Trinajstić information content (AvgIpc) is 2.46. The fourth-order valence-corrected chi connectivity index (χ4v) is 3.20. The Kier molecular flexibility index (Phi) is 6.22. The maximum absolute atomic E-state index is 6.27. The molecule has 0 aliphatic heterocycles. The van der Waals surface area contributed by atoms with Crippen LogP contribution in [0.25, 0.3) is 0 Å². The van der Waals surface area contributed by atoms with Gasteiger partial charge in [-0.05, 0) is 24.1 Å². The fraction of sp³-hybridized carbons (Fsp3) is 0.294. The van der Waals surface area contributed by atoms with Gasteiger partial charge in [0.2, 0.25) is 0 Å². The number of halogens is 3. The Morgan fingerprint density at radius 2 is 1.62 bits per heavy atom. The Morgan fingerprint density at radius 3 is 2.19 bits per heavy atom. The van der Waals surface area contributed by atoms with Crippen LogP contribution in [0.2, 0.25) is 15.1 Å². The number of hydrogen-bond donors (Lipinski definition) is 1. The third kappa shape index (κ3) is 4.54. The summed E-state index contributed by atoms with van der Waals surface area (Å²) in [6.45, 7) is 2.18. The summed E-state index contributed by atoms with van der Waals surface area (Å²) in [5.41, 5.74) is 1.97. The molecular formula is C17H18Cl3N. The van der Waals surface area contributed by atoms with Crippen LogP contribution in [0.5, 0.6) is 0 Å². The lowest BCUT2D eigenvalue weighted by atomic mass is 10.0. The van der Waals surface area contributed by atoms with E-state index in [4.69, 9.17) is 34.8 Å². The molecule has 2 aromatic carbocycles. The van der Waals surface area contributed by atoms with Crippen molar-refractivity contribution < 1.29 is 0 Å². The standard InChI is InChI=1S/C17H18Cl3N/c1-2-3-9-16(12-7-5-4-6-8-12)21-17-14(19)10-13(18)11-15(17)20/h4-8,10-11,16,21H,2-3,9H2,1H3. The highest BCUT2D eigenvalue weighted by atomic mass is 35.5. The zero-order valence-electron chi connectivity index (χ0n) is 11.9. The van der Waals surface area contributed by atoms with Gasteiger partial charge in [-0.3, -0.25) is 0 Å². The Morgan fingerprint density at radius 1 is 1.00 bits per heavy atom. The fourth-order valence-electron chi connectivity index (χ4n) is 2.27. The van der Waals surface area contributed by atoms with E-state index in [1.807, 2.05) is 18.2 Å². The van der Waals surface area contributed by atoms with Crippen molar-refractivity contribution in [3.8, 4) is 0 Å². The SMILES string of the molecule is CCCCC(Nc1c(Cl)cc(Cl)cc1Cl)c1ccccc1. The largest absolute Gasteiger partial charge is 0.376 e. The van der Waals surface area contributed by atoms with Gasteiger partial charge in [0.15, 0.2) is 0 Å². The van der Waals surface area contributed by atoms with Crippen molar-refractivity contribution in [3.63, 3.8) is 0 Å². The van der Waals surface area contributed by atoms with Gasteiger partial charge in [-0.2, -0.15) is 0 Å². The molecule has 1 N–H and O–H groups in total. The molecule has 1 nitrogen and oxygen atoms in total. The van der Waals surface area contributed by atoms with Crippen LogP contribution in [0.15, 0.2) is 42.5 Å². The van der Waals surface area contributed by atoms with E-state index in [2.05, 4.69) is 24.4 Å². The average molecular weight is 343 g/mol. The van der Waals surface area contributed by atoms with Gasteiger partial charge in [-0.15, -0.1) is 0 Å². The van der Waals surface area contributed by atoms with Crippen molar-refractivity contribution >= 4 is 40.5 Å². The minimum Gasteiger partial charge on any atom is -0.376 e. The van der Waals surface area contributed by atoms with Crippen molar-refractivity contribution in [3.05, 3.63) is 63.1 Å². The lowest BCUT2D eigenvalue weighted by Crippen LogP contribution is -2.11. The second kappa shape index (κ2) is 7.93. The second-order valence-electron chi connectivity index (χ2n) is 4.99. The molecule has 2 rings (SSSR count). The summed E-state index contributed by atoms with van der Waals surface area (Å²) in [4.78, 5) is 0. The van der Waals surface area contributed by atoms with Gasteiger partial charge in [-0.1, -0.05) is 84.9 Å². The van der Waals surface area contributed by atoms with Crippen LogP contribution in [0.4, 0.5) is 5.69 Å². The zero-order valence-corrected chi connectivity index (χ0v) is 14.1. The number of hydrogen-bond acceptors (Lipinski definition) is 1. The summed E-state index contributed by atoms with van der Waals surface area (Å²) in [5.74, 6) is 0. The normalized spacial score (nSPS) is 12.2. The number of nitrogens with one attached hydrogen (secondary N) is 1.